The third-order valence-electron chi connectivity index (χ3n) is 4.09. The van der Waals surface area contributed by atoms with Gasteiger partial charge in [-0.1, -0.05) is 19.9 Å². The maximum Gasteiger partial charge on any atom is 0.128 e. The van der Waals surface area contributed by atoms with Gasteiger partial charge in [-0.2, -0.15) is 0 Å². The Hall–Kier alpha value is -0.890. The van der Waals surface area contributed by atoms with Crippen LogP contribution in [0.2, 0.25) is 0 Å². The first-order chi connectivity index (χ1) is 7.86. The lowest BCUT2D eigenvalue weighted by Crippen LogP contribution is -2.22. The third kappa shape index (κ3) is 2.23. The predicted molar refractivity (Wildman–Crippen MR) is 69.6 cm³/mol. The fourth-order valence-corrected chi connectivity index (χ4v) is 2.94. The summed E-state index contributed by atoms with van der Waals surface area (Å²) < 4.78 is 14.1. The molecule has 2 rings (SSSR count). The maximum atomic E-state index is 14.1. The maximum absolute atomic E-state index is 14.1. The van der Waals surface area contributed by atoms with E-state index in [0.29, 0.717) is 11.3 Å². The zero-order valence-corrected chi connectivity index (χ0v) is 11.4. The molecule has 1 aromatic rings. The molecular weight excluding hydrogens is 213 g/mol. The number of rotatable bonds is 3. The second kappa shape index (κ2) is 4.09. The minimum atomic E-state index is -0.0652. The van der Waals surface area contributed by atoms with Crippen LogP contribution in [0.4, 0.5) is 4.39 Å². The number of nitrogens with one attached hydrogen (secondary N) is 1. The van der Waals surface area contributed by atoms with Crippen LogP contribution in [0.5, 0.6) is 0 Å². The summed E-state index contributed by atoms with van der Waals surface area (Å²) in [6, 6.07) is 3.85. The molecule has 1 aliphatic rings. The second-order valence-corrected chi connectivity index (χ2v) is 6.04. The second-order valence-electron chi connectivity index (χ2n) is 6.04. The first-order valence-corrected chi connectivity index (χ1v) is 6.30. The molecule has 0 spiro atoms. The molecule has 1 nitrogen and oxygen atoms in total. The van der Waals surface area contributed by atoms with Crippen molar-refractivity contribution in [3.05, 3.63) is 34.6 Å². The first kappa shape index (κ1) is 12.6. The van der Waals surface area contributed by atoms with E-state index in [1.165, 1.54) is 6.42 Å². The molecule has 1 saturated carbocycles. The summed E-state index contributed by atoms with van der Waals surface area (Å²) in [7, 11) is 1.93. The molecule has 0 heterocycles. The largest absolute Gasteiger partial charge is 0.313 e. The summed E-state index contributed by atoms with van der Waals surface area (Å²) in [5, 5.41) is 3.30. The monoisotopic (exact) mass is 235 g/mol. The van der Waals surface area contributed by atoms with Crippen LogP contribution in [-0.4, -0.2) is 7.05 Å². The van der Waals surface area contributed by atoms with Crippen molar-refractivity contribution in [2.24, 2.45) is 11.3 Å². The van der Waals surface area contributed by atoms with Gasteiger partial charge in [0.2, 0.25) is 0 Å². The van der Waals surface area contributed by atoms with Crippen molar-refractivity contribution >= 4 is 0 Å². The molecule has 0 bridgehead atoms. The minimum Gasteiger partial charge on any atom is -0.313 e. The molecule has 2 atom stereocenters. The average molecular weight is 235 g/mol. The van der Waals surface area contributed by atoms with Crippen LogP contribution in [0, 0.1) is 31.0 Å². The minimum absolute atomic E-state index is 0.0652. The Balaban J connectivity index is 2.38. The van der Waals surface area contributed by atoms with Crippen molar-refractivity contribution in [1.82, 2.24) is 5.32 Å². The molecule has 1 aliphatic carbocycles. The van der Waals surface area contributed by atoms with E-state index in [1.54, 1.807) is 6.07 Å². The van der Waals surface area contributed by atoms with E-state index in [0.717, 1.165) is 16.7 Å². The highest BCUT2D eigenvalue weighted by atomic mass is 19.1. The van der Waals surface area contributed by atoms with Crippen LogP contribution in [0.15, 0.2) is 12.1 Å². The van der Waals surface area contributed by atoms with E-state index >= 15 is 0 Å². The molecule has 2 heteroatoms. The fourth-order valence-electron chi connectivity index (χ4n) is 2.94. The lowest BCUT2D eigenvalue weighted by molar-refractivity contribution is 0.424. The van der Waals surface area contributed by atoms with Gasteiger partial charge in [-0.25, -0.2) is 4.39 Å². The molecule has 1 aromatic carbocycles. The summed E-state index contributed by atoms with van der Waals surface area (Å²) in [5.74, 6) is 0.480. The van der Waals surface area contributed by atoms with Crippen molar-refractivity contribution < 1.29 is 4.39 Å². The number of aryl methyl sites for hydroxylation is 2. The van der Waals surface area contributed by atoms with Gasteiger partial charge in [-0.15, -0.1) is 0 Å². The summed E-state index contributed by atoms with van der Waals surface area (Å²) in [4.78, 5) is 0. The molecule has 17 heavy (non-hydrogen) atoms. The van der Waals surface area contributed by atoms with Gasteiger partial charge in [0.05, 0.1) is 0 Å². The normalized spacial score (nSPS) is 23.5. The molecule has 94 valence electrons. The number of hydrogen-bond donors (Lipinski definition) is 1. The highest BCUT2D eigenvalue weighted by Crippen LogP contribution is 2.58. The zero-order chi connectivity index (χ0) is 12.8. The lowest BCUT2D eigenvalue weighted by Gasteiger charge is -2.21. The first-order valence-electron chi connectivity index (χ1n) is 6.30. The molecule has 2 unspecified atom stereocenters. The van der Waals surface area contributed by atoms with Gasteiger partial charge < -0.3 is 5.32 Å². The van der Waals surface area contributed by atoms with Gasteiger partial charge in [0.1, 0.15) is 5.82 Å². The molecule has 0 radical (unpaired) electrons. The van der Waals surface area contributed by atoms with E-state index in [9.17, 15) is 4.39 Å². The number of benzene rings is 1. The van der Waals surface area contributed by atoms with Crippen LogP contribution in [-0.2, 0) is 0 Å². The Morgan fingerprint density at radius 3 is 2.35 bits per heavy atom. The Morgan fingerprint density at radius 1 is 1.35 bits per heavy atom. The van der Waals surface area contributed by atoms with E-state index < -0.39 is 0 Å². The van der Waals surface area contributed by atoms with Gasteiger partial charge in [0.15, 0.2) is 0 Å². The molecule has 0 aliphatic heterocycles. The van der Waals surface area contributed by atoms with Gasteiger partial charge in [-0.3, -0.25) is 0 Å². The van der Waals surface area contributed by atoms with E-state index in [1.807, 2.05) is 20.9 Å². The van der Waals surface area contributed by atoms with Crippen molar-refractivity contribution in [2.75, 3.05) is 7.05 Å². The van der Waals surface area contributed by atoms with Crippen molar-refractivity contribution in [3.63, 3.8) is 0 Å². The third-order valence-corrected chi connectivity index (χ3v) is 4.09. The van der Waals surface area contributed by atoms with Crippen LogP contribution < -0.4 is 5.32 Å². The van der Waals surface area contributed by atoms with E-state index in [4.69, 9.17) is 0 Å². The Morgan fingerprint density at radius 2 is 1.94 bits per heavy atom. The molecule has 0 saturated heterocycles. The van der Waals surface area contributed by atoms with Crippen molar-refractivity contribution in [3.8, 4) is 0 Å². The Labute approximate surface area is 103 Å². The molecule has 1 fully saturated rings. The van der Waals surface area contributed by atoms with Crippen LogP contribution >= 0.6 is 0 Å². The summed E-state index contributed by atoms with van der Waals surface area (Å²) in [6.45, 7) is 8.45. The van der Waals surface area contributed by atoms with Crippen molar-refractivity contribution in [1.29, 1.82) is 0 Å². The predicted octanol–water partition coefficient (Wildman–Crippen LogP) is 3.75. The van der Waals surface area contributed by atoms with Crippen molar-refractivity contribution in [2.45, 2.75) is 40.2 Å². The SMILES string of the molecule is CNC(c1c(C)cc(C)cc1F)C1CC1(C)C. The smallest absolute Gasteiger partial charge is 0.128 e. The van der Waals surface area contributed by atoms with E-state index in [2.05, 4.69) is 25.2 Å². The highest BCUT2D eigenvalue weighted by Gasteiger charge is 2.50. The number of halogens is 1. The number of hydrogen-bond acceptors (Lipinski definition) is 1. The van der Waals surface area contributed by atoms with Crippen LogP contribution in [0.1, 0.15) is 43.0 Å². The summed E-state index contributed by atoms with van der Waals surface area (Å²) in [5.41, 5.74) is 3.25. The van der Waals surface area contributed by atoms with Gasteiger partial charge in [0, 0.05) is 11.6 Å². The van der Waals surface area contributed by atoms with Crippen LogP contribution in [0.3, 0.4) is 0 Å². The highest BCUT2D eigenvalue weighted by molar-refractivity contribution is 5.36. The fraction of sp³-hybridized carbons (Fsp3) is 0.600. The average Bonchev–Trinajstić information content (AvgIpc) is 2.80. The summed E-state index contributed by atoms with van der Waals surface area (Å²) >= 11 is 0. The quantitative estimate of drug-likeness (QED) is 0.841. The lowest BCUT2D eigenvalue weighted by atomic mass is 9.92. The Bertz CT molecular complexity index is 414. The molecular formula is C15H22FN. The zero-order valence-electron chi connectivity index (χ0n) is 11.4. The van der Waals surface area contributed by atoms with Gasteiger partial charge in [-0.05, 0) is 55.8 Å². The Kier molecular flexibility index (Phi) is 3.03. The summed E-state index contributed by atoms with van der Waals surface area (Å²) in [6.07, 6.45) is 1.17. The topological polar surface area (TPSA) is 12.0 Å². The van der Waals surface area contributed by atoms with Gasteiger partial charge in [0.25, 0.3) is 0 Å². The molecule has 1 N–H and O–H groups in total. The molecule has 0 aromatic heterocycles. The van der Waals surface area contributed by atoms with Crippen LogP contribution in [0.25, 0.3) is 0 Å². The standard InChI is InChI=1S/C15H22FN/c1-9-6-10(2)13(12(16)7-9)14(17-5)11-8-15(11,3)4/h6-7,11,14,17H,8H2,1-5H3. The molecule has 0 amide bonds. The van der Waals surface area contributed by atoms with E-state index in [-0.39, 0.29) is 11.9 Å². The van der Waals surface area contributed by atoms with Gasteiger partial charge >= 0.3 is 0 Å².